The van der Waals surface area contributed by atoms with Crippen LogP contribution >= 0.6 is 0 Å². The number of nitrogens with one attached hydrogen (secondary N) is 1. The topological polar surface area (TPSA) is 65.1 Å². The largest absolute Gasteiger partial charge is 0.497 e. The quantitative estimate of drug-likeness (QED) is 0.499. The van der Waals surface area contributed by atoms with Crippen LogP contribution in [-0.2, 0) is 13.5 Å². The molecule has 4 rings (SSSR count). The summed E-state index contributed by atoms with van der Waals surface area (Å²) < 4.78 is 7.31. The smallest absolute Gasteiger partial charge is 0.118 e. The van der Waals surface area contributed by atoms with Crippen molar-refractivity contribution >= 4 is 16.6 Å². The highest BCUT2D eigenvalue weighted by atomic mass is 16.5. The summed E-state index contributed by atoms with van der Waals surface area (Å²) in [6, 6.07) is 18.8. The number of aromatic nitrogens is 2. The summed E-state index contributed by atoms with van der Waals surface area (Å²) in [4.78, 5) is 4.18. The third-order valence-electron chi connectivity index (χ3n) is 5.18. The number of aryl methyl sites for hydroxylation is 1. The molecular weight excluding hydrogens is 360 g/mol. The first-order valence-electron chi connectivity index (χ1n) is 9.75. The normalized spacial score (nSPS) is 12.1. The average molecular weight is 386 g/mol. The monoisotopic (exact) mass is 386 g/mol. The number of benzene rings is 2. The van der Waals surface area contributed by atoms with E-state index in [-0.39, 0.29) is 6.04 Å². The van der Waals surface area contributed by atoms with Crippen molar-refractivity contribution in [3.8, 4) is 16.9 Å². The molecule has 0 aliphatic rings. The van der Waals surface area contributed by atoms with Crippen LogP contribution in [0.25, 0.3) is 21.9 Å². The maximum atomic E-state index is 6.35. The van der Waals surface area contributed by atoms with Gasteiger partial charge in [-0.05, 0) is 53.3 Å². The van der Waals surface area contributed by atoms with Gasteiger partial charge in [0.2, 0.25) is 0 Å². The highest BCUT2D eigenvalue weighted by Gasteiger charge is 2.09. The van der Waals surface area contributed by atoms with Crippen LogP contribution in [0.3, 0.4) is 0 Å². The van der Waals surface area contributed by atoms with Gasteiger partial charge in [0.05, 0.1) is 7.11 Å². The molecule has 0 amide bonds. The van der Waals surface area contributed by atoms with Gasteiger partial charge in [0.15, 0.2) is 0 Å². The van der Waals surface area contributed by atoms with E-state index in [4.69, 9.17) is 10.5 Å². The van der Waals surface area contributed by atoms with Gasteiger partial charge in [-0.3, -0.25) is 4.98 Å². The zero-order valence-electron chi connectivity index (χ0n) is 16.8. The minimum absolute atomic E-state index is 0.0231. The number of hydrogen-bond acceptors (Lipinski definition) is 4. The fourth-order valence-electron chi connectivity index (χ4n) is 3.53. The number of ether oxygens (including phenoxy) is 1. The molecule has 0 bridgehead atoms. The molecule has 2 heterocycles. The van der Waals surface area contributed by atoms with E-state index >= 15 is 0 Å². The summed E-state index contributed by atoms with van der Waals surface area (Å²) in [5.41, 5.74) is 9.92. The second kappa shape index (κ2) is 8.37. The number of pyridine rings is 1. The first kappa shape index (κ1) is 19.0. The highest BCUT2D eigenvalue weighted by Crippen LogP contribution is 2.27. The maximum absolute atomic E-state index is 6.35. The van der Waals surface area contributed by atoms with Gasteiger partial charge in [-0.1, -0.05) is 24.3 Å². The summed E-state index contributed by atoms with van der Waals surface area (Å²) in [6.07, 6.45) is 6.67. The fraction of sp³-hybridized carbons (Fsp3) is 0.208. The van der Waals surface area contributed by atoms with Crippen molar-refractivity contribution in [2.75, 3.05) is 19.0 Å². The first-order valence-corrected chi connectivity index (χ1v) is 9.75. The highest BCUT2D eigenvalue weighted by molar-refractivity contribution is 5.86. The second-order valence-corrected chi connectivity index (χ2v) is 7.36. The van der Waals surface area contributed by atoms with Crippen molar-refractivity contribution in [3.05, 3.63) is 78.8 Å². The summed E-state index contributed by atoms with van der Waals surface area (Å²) in [5, 5.41) is 5.83. The molecule has 0 aliphatic carbocycles. The molecule has 0 fully saturated rings. The van der Waals surface area contributed by atoms with Crippen molar-refractivity contribution in [1.29, 1.82) is 0 Å². The van der Waals surface area contributed by atoms with Gasteiger partial charge >= 0.3 is 0 Å². The van der Waals surface area contributed by atoms with Gasteiger partial charge in [-0.25, -0.2) is 0 Å². The molecule has 2 aromatic heterocycles. The summed E-state index contributed by atoms with van der Waals surface area (Å²) in [5.74, 6) is 1.92. The Hall–Kier alpha value is -3.31. The molecule has 5 heteroatoms. The molecule has 3 N–H and O–H groups in total. The van der Waals surface area contributed by atoms with Crippen molar-refractivity contribution in [1.82, 2.24) is 9.55 Å². The van der Waals surface area contributed by atoms with E-state index in [9.17, 15) is 0 Å². The Kier molecular flexibility index (Phi) is 5.49. The zero-order chi connectivity index (χ0) is 20.2. The molecule has 0 saturated heterocycles. The molecule has 1 atom stereocenters. The van der Waals surface area contributed by atoms with Gasteiger partial charge < -0.3 is 20.4 Å². The van der Waals surface area contributed by atoms with Gasteiger partial charge in [-0.15, -0.1) is 0 Å². The molecule has 148 valence electrons. The van der Waals surface area contributed by atoms with E-state index in [1.165, 1.54) is 22.1 Å². The Morgan fingerprint density at radius 3 is 2.66 bits per heavy atom. The fourth-order valence-corrected chi connectivity index (χ4v) is 3.53. The lowest BCUT2D eigenvalue weighted by Gasteiger charge is -2.14. The molecule has 0 radical (unpaired) electrons. The lowest BCUT2D eigenvalue weighted by Crippen LogP contribution is -2.31. The molecule has 5 nitrogen and oxygen atoms in total. The van der Waals surface area contributed by atoms with E-state index < -0.39 is 0 Å². The minimum Gasteiger partial charge on any atom is -0.497 e. The number of nitrogens with zero attached hydrogens (tertiary/aromatic N) is 2. The third kappa shape index (κ3) is 4.41. The minimum atomic E-state index is 0.0231. The maximum Gasteiger partial charge on any atom is 0.118 e. The SMILES string of the molecule is COc1ccc(C[C@H](N)CNc2cc(-c3ccc4cnccc4c3)cn2C)cc1. The molecule has 4 aromatic rings. The number of rotatable bonds is 7. The first-order chi connectivity index (χ1) is 14.1. The number of fused-ring (bicyclic) bond motifs is 1. The van der Waals surface area contributed by atoms with Crippen LogP contribution in [0, 0.1) is 0 Å². The number of hydrogen-bond donors (Lipinski definition) is 2. The van der Waals surface area contributed by atoms with E-state index in [2.05, 4.69) is 57.5 Å². The predicted molar refractivity (Wildman–Crippen MR) is 119 cm³/mol. The van der Waals surface area contributed by atoms with Crippen molar-refractivity contribution < 1.29 is 4.74 Å². The van der Waals surface area contributed by atoms with E-state index in [1.54, 1.807) is 7.11 Å². The second-order valence-electron chi connectivity index (χ2n) is 7.36. The third-order valence-corrected chi connectivity index (χ3v) is 5.18. The number of methoxy groups -OCH3 is 1. The van der Waals surface area contributed by atoms with Gasteiger partial charge in [-0.2, -0.15) is 0 Å². The van der Waals surface area contributed by atoms with Crippen molar-refractivity contribution in [2.24, 2.45) is 12.8 Å². The summed E-state index contributed by atoms with van der Waals surface area (Å²) in [6.45, 7) is 0.701. The predicted octanol–water partition coefficient (Wildman–Crippen LogP) is 4.23. The zero-order valence-corrected chi connectivity index (χ0v) is 16.8. The van der Waals surface area contributed by atoms with Crippen LogP contribution in [0.5, 0.6) is 5.75 Å². The van der Waals surface area contributed by atoms with Crippen LogP contribution < -0.4 is 15.8 Å². The van der Waals surface area contributed by atoms with E-state index in [1.807, 2.05) is 37.6 Å². The standard InChI is InChI=1S/C24H26N4O/c1-28-16-21(18-5-6-20-14-26-10-9-19(20)12-18)13-24(28)27-15-22(25)11-17-3-7-23(29-2)8-4-17/h3-10,12-14,16,22,27H,11,15,25H2,1-2H3/t22-/m0/s1. The van der Waals surface area contributed by atoms with Crippen LogP contribution in [-0.4, -0.2) is 29.2 Å². The van der Waals surface area contributed by atoms with Crippen LogP contribution in [0.1, 0.15) is 5.56 Å². The van der Waals surface area contributed by atoms with Crippen molar-refractivity contribution in [3.63, 3.8) is 0 Å². The van der Waals surface area contributed by atoms with Gasteiger partial charge in [0.25, 0.3) is 0 Å². The number of nitrogens with two attached hydrogens (primary N) is 1. The molecule has 0 aliphatic heterocycles. The molecule has 0 spiro atoms. The van der Waals surface area contributed by atoms with Crippen LogP contribution in [0.4, 0.5) is 5.82 Å². The van der Waals surface area contributed by atoms with Gasteiger partial charge in [0, 0.05) is 49.2 Å². The average Bonchev–Trinajstić information content (AvgIpc) is 3.13. The summed E-state index contributed by atoms with van der Waals surface area (Å²) >= 11 is 0. The molecular formula is C24H26N4O. The Bertz CT molecular complexity index is 1100. The lowest BCUT2D eigenvalue weighted by molar-refractivity contribution is 0.414. The molecule has 29 heavy (non-hydrogen) atoms. The lowest BCUT2D eigenvalue weighted by atomic mass is 10.0. The Labute approximate surface area is 171 Å². The van der Waals surface area contributed by atoms with Crippen LogP contribution in [0.2, 0.25) is 0 Å². The van der Waals surface area contributed by atoms with Crippen molar-refractivity contribution in [2.45, 2.75) is 12.5 Å². The molecule has 0 saturated carbocycles. The van der Waals surface area contributed by atoms with E-state index in [0.717, 1.165) is 23.4 Å². The Balaban J connectivity index is 1.42. The molecule has 2 aromatic carbocycles. The Morgan fingerprint density at radius 1 is 1.03 bits per heavy atom. The molecule has 0 unspecified atom stereocenters. The number of anilines is 1. The van der Waals surface area contributed by atoms with Gasteiger partial charge in [0.1, 0.15) is 11.6 Å². The summed E-state index contributed by atoms with van der Waals surface area (Å²) in [7, 11) is 3.72. The Morgan fingerprint density at radius 2 is 1.86 bits per heavy atom. The van der Waals surface area contributed by atoms with Crippen LogP contribution in [0.15, 0.2) is 73.2 Å². The van der Waals surface area contributed by atoms with E-state index in [0.29, 0.717) is 6.54 Å².